The molecule has 0 radical (unpaired) electrons. The maximum atomic E-state index is 13.2. The van der Waals surface area contributed by atoms with Gasteiger partial charge >= 0.3 is 0 Å². The van der Waals surface area contributed by atoms with Crippen molar-refractivity contribution in [3.05, 3.63) is 89.7 Å². The number of rotatable bonds is 7. The van der Waals surface area contributed by atoms with Gasteiger partial charge in [0.25, 0.3) is 5.91 Å². The fraction of sp³-hybridized carbons (Fsp3) is 0.367. The van der Waals surface area contributed by atoms with Gasteiger partial charge in [-0.25, -0.2) is 4.39 Å². The Kier molecular flexibility index (Phi) is 7.35. The van der Waals surface area contributed by atoms with Gasteiger partial charge < -0.3 is 14.8 Å². The molecular formula is C30H33FN2O3. The van der Waals surface area contributed by atoms with E-state index in [1.54, 1.807) is 19.2 Å². The first-order valence-corrected chi connectivity index (χ1v) is 12.7. The standard InChI is InChI=1S/C30H33FN2O3/c1-35-28-5-3-2-4-25(28)21-33-18-16-30(17-19-33)15-14-27(36-30)20-32-29(34)24-8-6-22(7-9-24)23-10-12-26(31)13-11-23/h2-13,27H,14-21H2,1H3,(H,32,34). The Morgan fingerprint density at radius 3 is 2.36 bits per heavy atom. The third-order valence-corrected chi connectivity index (χ3v) is 7.51. The molecule has 3 aromatic carbocycles. The van der Waals surface area contributed by atoms with Crippen molar-refractivity contribution in [2.45, 2.75) is 43.9 Å². The van der Waals surface area contributed by atoms with E-state index < -0.39 is 0 Å². The number of amides is 1. The topological polar surface area (TPSA) is 50.8 Å². The highest BCUT2D eigenvalue weighted by molar-refractivity contribution is 5.94. The summed E-state index contributed by atoms with van der Waals surface area (Å²) in [4.78, 5) is 15.2. The molecule has 1 N–H and O–H groups in total. The first kappa shape index (κ1) is 24.5. The van der Waals surface area contributed by atoms with Crippen LogP contribution in [0.3, 0.4) is 0 Å². The number of benzene rings is 3. The average Bonchev–Trinajstić information content (AvgIpc) is 3.32. The van der Waals surface area contributed by atoms with Gasteiger partial charge in [-0.2, -0.15) is 0 Å². The molecular weight excluding hydrogens is 455 g/mol. The molecule has 2 fully saturated rings. The van der Waals surface area contributed by atoms with E-state index in [9.17, 15) is 9.18 Å². The summed E-state index contributed by atoms with van der Waals surface area (Å²) in [7, 11) is 1.72. The third-order valence-electron chi connectivity index (χ3n) is 7.51. The Hall–Kier alpha value is -3.22. The van der Waals surface area contributed by atoms with Crippen molar-refractivity contribution in [1.82, 2.24) is 10.2 Å². The maximum absolute atomic E-state index is 13.2. The largest absolute Gasteiger partial charge is 0.496 e. The summed E-state index contributed by atoms with van der Waals surface area (Å²) >= 11 is 0. The van der Waals surface area contributed by atoms with E-state index >= 15 is 0 Å². The predicted octanol–water partition coefficient (Wildman–Crippen LogP) is 5.44. The lowest BCUT2D eigenvalue weighted by Crippen LogP contribution is -2.44. The monoisotopic (exact) mass is 488 g/mol. The molecule has 0 bridgehead atoms. The van der Waals surface area contributed by atoms with Gasteiger partial charge in [-0.1, -0.05) is 42.5 Å². The van der Waals surface area contributed by atoms with Crippen LogP contribution < -0.4 is 10.1 Å². The van der Waals surface area contributed by atoms with Crippen molar-refractivity contribution in [2.24, 2.45) is 0 Å². The zero-order chi connectivity index (χ0) is 25.0. The van der Waals surface area contributed by atoms with Crippen LogP contribution in [0.2, 0.25) is 0 Å². The number of para-hydroxylation sites is 1. The van der Waals surface area contributed by atoms with Gasteiger partial charge in [0, 0.05) is 37.3 Å². The minimum Gasteiger partial charge on any atom is -0.496 e. The number of carbonyl (C=O) groups excluding carboxylic acids is 1. The molecule has 6 heteroatoms. The molecule has 3 aromatic rings. The quantitative estimate of drug-likeness (QED) is 0.481. The second kappa shape index (κ2) is 10.8. The van der Waals surface area contributed by atoms with Crippen LogP contribution >= 0.6 is 0 Å². The summed E-state index contributed by atoms with van der Waals surface area (Å²) in [6, 6.07) is 22.0. The number of nitrogens with one attached hydrogen (secondary N) is 1. The van der Waals surface area contributed by atoms with Gasteiger partial charge in [-0.05, 0) is 67.1 Å². The van der Waals surface area contributed by atoms with E-state index in [-0.39, 0.29) is 23.4 Å². The minimum atomic E-state index is -0.260. The second-order valence-corrected chi connectivity index (χ2v) is 9.84. The second-order valence-electron chi connectivity index (χ2n) is 9.84. The molecule has 2 aliphatic heterocycles. The highest BCUT2D eigenvalue weighted by Gasteiger charge is 2.42. The van der Waals surface area contributed by atoms with Gasteiger partial charge in [0.05, 0.1) is 18.8 Å². The van der Waals surface area contributed by atoms with Crippen LogP contribution in [0, 0.1) is 5.82 Å². The van der Waals surface area contributed by atoms with Crippen LogP contribution in [0.15, 0.2) is 72.8 Å². The van der Waals surface area contributed by atoms with Crippen LogP contribution in [0.5, 0.6) is 5.75 Å². The maximum Gasteiger partial charge on any atom is 0.251 e. The SMILES string of the molecule is COc1ccccc1CN1CCC2(CCC(CNC(=O)c3ccc(-c4ccc(F)cc4)cc3)O2)CC1. The van der Waals surface area contributed by atoms with E-state index in [4.69, 9.17) is 9.47 Å². The smallest absolute Gasteiger partial charge is 0.251 e. The molecule has 0 aromatic heterocycles. The van der Waals surface area contributed by atoms with Crippen LogP contribution in [0.1, 0.15) is 41.6 Å². The number of ether oxygens (including phenoxy) is 2. The normalized spacial score (nSPS) is 19.3. The molecule has 1 amide bonds. The summed E-state index contributed by atoms with van der Waals surface area (Å²) in [5.74, 6) is 0.580. The Balaban J connectivity index is 1.09. The molecule has 0 saturated carbocycles. The molecule has 1 atom stereocenters. The fourth-order valence-corrected chi connectivity index (χ4v) is 5.37. The number of hydrogen-bond acceptors (Lipinski definition) is 4. The summed E-state index contributed by atoms with van der Waals surface area (Å²) in [5, 5.41) is 3.05. The summed E-state index contributed by atoms with van der Waals surface area (Å²) in [6.07, 6.45) is 4.08. The zero-order valence-corrected chi connectivity index (χ0v) is 20.7. The van der Waals surface area contributed by atoms with Crippen molar-refractivity contribution >= 4 is 5.91 Å². The van der Waals surface area contributed by atoms with Gasteiger partial charge in [0.2, 0.25) is 0 Å². The van der Waals surface area contributed by atoms with E-state index in [2.05, 4.69) is 22.3 Å². The van der Waals surface area contributed by atoms with E-state index in [0.29, 0.717) is 12.1 Å². The number of carbonyl (C=O) groups is 1. The summed E-state index contributed by atoms with van der Waals surface area (Å²) in [6.45, 7) is 3.40. The molecule has 1 spiro atoms. The van der Waals surface area contributed by atoms with E-state index in [1.807, 2.05) is 36.4 Å². The molecule has 2 heterocycles. The lowest BCUT2D eigenvalue weighted by Gasteiger charge is -2.39. The number of nitrogens with zero attached hydrogens (tertiary/aromatic N) is 1. The molecule has 2 saturated heterocycles. The van der Waals surface area contributed by atoms with Crippen LogP contribution in [0.25, 0.3) is 11.1 Å². The summed E-state index contributed by atoms with van der Waals surface area (Å²) in [5.41, 5.74) is 3.63. The van der Waals surface area contributed by atoms with E-state index in [0.717, 1.165) is 62.2 Å². The Morgan fingerprint density at radius 2 is 1.67 bits per heavy atom. The van der Waals surface area contributed by atoms with Gasteiger partial charge in [-0.15, -0.1) is 0 Å². The van der Waals surface area contributed by atoms with Gasteiger partial charge in [-0.3, -0.25) is 9.69 Å². The molecule has 5 rings (SSSR count). The molecule has 36 heavy (non-hydrogen) atoms. The minimum absolute atomic E-state index is 0.0493. The Morgan fingerprint density at radius 1 is 1.00 bits per heavy atom. The highest BCUT2D eigenvalue weighted by Crippen LogP contribution is 2.39. The number of piperidine rings is 1. The Bertz CT molecular complexity index is 1170. The fourth-order valence-electron chi connectivity index (χ4n) is 5.37. The van der Waals surface area contributed by atoms with Crippen LogP contribution in [-0.2, 0) is 11.3 Å². The first-order chi connectivity index (χ1) is 17.5. The molecule has 188 valence electrons. The van der Waals surface area contributed by atoms with Gasteiger partial charge in [0.1, 0.15) is 11.6 Å². The lowest BCUT2D eigenvalue weighted by molar-refractivity contribution is -0.0765. The predicted molar refractivity (Wildman–Crippen MR) is 139 cm³/mol. The van der Waals surface area contributed by atoms with Gasteiger partial charge in [0.15, 0.2) is 0 Å². The number of likely N-dealkylation sites (tertiary alicyclic amines) is 1. The zero-order valence-electron chi connectivity index (χ0n) is 20.7. The van der Waals surface area contributed by atoms with Crippen molar-refractivity contribution < 1.29 is 18.7 Å². The number of halogens is 1. The molecule has 5 nitrogen and oxygen atoms in total. The highest BCUT2D eigenvalue weighted by atomic mass is 19.1. The third kappa shape index (κ3) is 5.61. The Labute approximate surface area is 212 Å². The molecule has 1 unspecified atom stereocenters. The summed E-state index contributed by atoms with van der Waals surface area (Å²) < 4.78 is 25.2. The first-order valence-electron chi connectivity index (χ1n) is 12.7. The van der Waals surface area contributed by atoms with Crippen LogP contribution in [0.4, 0.5) is 4.39 Å². The number of methoxy groups -OCH3 is 1. The van der Waals surface area contributed by atoms with Crippen LogP contribution in [-0.4, -0.2) is 49.3 Å². The molecule has 0 aliphatic carbocycles. The molecule has 2 aliphatic rings. The van der Waals surface area contributed by atoms with E-state index in [1.165, 1.54) is 17.7 Å². The van der Waals surface area contributed by atoms with Crippen molar-refractivity contribution in [3.8, 4) is 16.9 Å². The number of hydrogen-bond donors (Lipinski definition) is 1. The average molecular weight is 489 g/mol. The van der Waals surface area contributed by atoms with Crippen molar-refractivity contribution in [2.75, 3.05) is 26.7 Å². The van der Waals surface area contributed by atoms with Crippen molar-refractivity contribution in [1.29, 1.82) is 0 Å². The lowest BCUT2D eigenvalue weighted by atomic mass is 9.88. The van der Waals surface area contributed by atoms with Crippen molar-refractivity contribution in [3.63, 3.8) is 0 Å².